The van der Waals surface area contributed by atoms with Crippen LogP contribution in [0.25, 0.3) is 0 Å². The van der Waals surface area contributed by atoms with Crippen LogP contribution in [0.3, 0.4) is 0 Å². The van der Waals surface area contributed by atoms with Crippen LogP contribution in [0.1, 0.15) is 71.6 Å². The molecule has 1 atom stereocenters. The molecule has 0 aromatic rings. The van der Waals surface area contributed by atoms with Gasteiger partial charge in [0.2, 0.25) is 5.91 Å². The monoisotopic (exact) mass is 268 g/mol. The summed E-state index contributed by atoms with van der Waals surface area (Å²) in [4.78, 5) is 11.9. The maximum absolute atomic E-state index is 11.9. The van der Waals surface area contributed by atoms with Gasteiger partial charge in [-0.1, -0.05) is 26.7 Å². The summed E-state index contributed by atoms with van der Waals surface area (Å²) < 4.78 is 0. The van der Waals surface area contributed by atoms with Crippen LogP contribution in [0.2, 0.25) is 0 Å². The van der Waals surface area contributed by atoms with Gasteiger partial charge in [0.25, 0.3) is 0 Å². The summed E-state index contributed by atoms with van der Waals surface area (Å²) in [6, 6.07) is 0.435. The molecule has 3 nitrogen and oxygen atoms in total. The zero-order valence-corrected chi connectivity index (χ0v) is 12.8. The van der Waals surface area contributed by atoms with Crippen LogP contribution >= 0.6 is 0 Å². The van der Waals surface area contributed by atoms with Gasteiger partial charge in [0.05, 0.1) is 0 Å². The van der Waals surface area contributed by atoms with Gasteiger partial charge in [-0.05, 0) is 56.9 Å². The van der Waals surface area contributed by atoms with E-state index in [0.29, 0.717) is 18.4 Å². The molecule has 0 aromatic carbocycles. The molecule has 1 unspecified atom stereocenters. The summed E-state index contributed by atoms with van der Waals surface area (Å²) in [7, 11) is 0. The zero-order chi connectivity index (χ0) is 14.1. The van der Waals surface area contributed by atoms with Crippen LogP contribution in [0.15, 0.2) is 0 Å². The topological polar surface area (TPSA) is 55.1 Å². The van der Waals surface area contributed by atoms with Gasteiger partial charge in [-0.15, -0.1) is 0 Å². The summed E-state index contributed by atoms with van der Waals surface area (Å²) >= 11 is 0. The standard InChI is InChI=1S/C16H32N2O/c1-3-13-5-8-15(9-6-13)18-16(19)10-7-14(4-2)11-12-17/h13-15H,3-12,17H2,1-2H3,(H,18,19). The fraction of sp³-hybridized carbons (Fsp3) is 0.938. The lowest BCUT2D eigenvalue weighted by Crippen LogP contribution is -2.37. The van der Waals surface area contributed by atoms with Crippen LogP contribution in [-0.2, 0) is 4.79 Å². The number of hydrogen-bond donors (Lipinski definition) is 2. The first-order valence-corrected chi connectivity index (χ1v) is 8.18. The van der Waals surface area contributed by atoms with Crippen molar-refractivity contribution in [1.82, 2.24) is 5.32 Å². The third kappa shape index (κ3) is 6.42. The highest BCUT2D eigenvalue weighted by Gasteiger charge is 2.21. The molecule has 1 aliphatic rings. The highest BCUT2D eigenvalue weighted by atomic mass is 16.1. The Morgan fingerprint density at radius 3 is 2.42 bits per heavy atom. The molecule has 0 heterocycles. The third-order valence-electron chi connectivity index (χ3n) is 4.72. The van der Waals surface area contributed by atoms with Gasteiger partial charge >= 0.3 is 0 Å². The van der Waals surface area contributed by atoms with Gasteiger partial charge in [-0.3, -0.25) is 4.79 Å². The van der Waals surface area contributed by atoms with E-state index < -0.39 is 0 Å². The second-order valence-corrected chi connectivity index (χ2v) is 6.08. The molecule has 1 saturated carbocycles. The first-order valence-electron chi connectivity index (χ1n) is 8.18. The summed E-state index contributed by atoms with van der Waals surface area (Å²) in [5.74, 6) is 1.75. The molecule has 1 fully saturated rings. The maximum atomic E-state index is 11.9. The average Bonchev–Trinajstić information content (AvgIpc) is 2.44. The van der Waals surface area contributed by atoms with Gasteiger partial charge in [0.1, 0.15) is 0 Å². The molecule has 0 saturated heterocycles. The number of nitrogens with one attached hydrogen (secondary N) is 1. The van der Waals surface area contributed by atoms with Gasteiger partial charge < -0.3 is 11.1 Å². The smallest absolute Gasteiger partial charge is 0.220 e. The van der Waals surface area contributed by atoms with Gasteiger partial charge in [-0.2, -0.15) is 0 Å². The molecule has 0 aromatic heterocycles. The van der Waals surface area contributed by atoms with E-state index in [-0.39, 0.29) is 5.91 Å². The number of carbonyl (C=O) groups is 1. The van der Waals surface area contributed by atoms with E-state index in [1.165, 1.54) is 32.1 Å². The average molecular weight is 268 g/mol. The van der Waals surface area contributed by atoms with E-state index in [4.69, 9.17) is 5.73 Å². The summed E-state index contributed by atoms with van der Waals surface area (Å²) in [5.41, 5.74) is 5.59. The number of nitrogens with two attached hydrogens (primary N) is 1. The molecule has 0 spiro atoms. The van der Waals surface area contributed by atoms with Crippen molar-refractivity contribution in [3.8, 4) is 0 Å². The van der Waals surface area contributed by atoms with E-state index in [0.717, 1.165) is 31.7 Å². The van der Waals surface area contributed by atoms with Gasteiger partial charge in [0.15, 0.2) is 0 Å². The minimum absolute atomic E-state index is 0.246. The van der Waals surface area contributed by atoms with Crippen molar-refractivity contribution in [2.24, 2.45) is 17.6 Å². The van der Waals surface area contributed by atoms with Crippen molar-refractivity contribution in [2.75, 3.05) is 6.54 Å². The van der Waals surface area contributed by atoms with Crippen LogP contribution in [0.4, 0.5) is 0 Å². The number of carbonyl (C=O) groups excluding carboxylic acids is 1. The summed E-state index contributed by atoms with van der Waals surface area (Å²) in [6.07, 6.45) is 10.0. The molecule has 3 heteroatoms. The van der Waals surface area contributed by atoms with Gasteiger partial charge in [0, 0.05) is 12.5 Å². The second kappa shape index (κ2) is 9.35. The van der Waals surface area contributed by atoms with E-state index in [2.05, 4.69) is 19.2 Å². The minimum atomic E-state index is 0.246. The van der Waals surface area contributed by atoms with Crippen LogP contribution < -0.4 is 11.1 Å². The third-order valence-corrected chi connectivity index (χ3v) is 4.72. The minimum Gasteiger partial charge on any atom is -0.353 e. The molecule has 1 aliphatic carbocycles. The van der Waals surface area contributed by atoms with E-state index in [9.17, 15) is 4.79 Å². The van der Waals surface area contributed by atoms with Crippen LogP contribution in [0.5, 0.6) is 0 Å². The van der Waals surface area contributed by atoms with Gasteiger partial charge in [-0.25, -0.2) is 0 Å². The Balaban J connectivity index is 2.17. The predicted octanol–water partition coefficient (Wildman–Crippen LogP) is 3.23. The zero-order valence-electron chi connectivity index (χ0n) is 12.8. The lowest BCUT2D eigenvalue weighted by Gasteiger charge is -2.28. The van der Waals surface area contributed by atoms with E-state index in [1.807, 2.05) is 0 Å². The Morgan fingerprint density at radius 1 is 1.21 bits per heavy atom. The van der Waals surface area contributed by atoms with E-state index >= 15 is 0 Å². The molecular weight excluding hydrogens is 236 g/mol. The van der Waals surface area contributed by atoms with Crippen LogP contribution in [0, 0.1) is 11.8 Å². The van der Waals surface area contributed by atoms with Crippen molar-refractivity contribution in [1.29, 1.82) is 0 Å². The lowest BCUT2D eigenvalue weighted by atomic mass is 9.84. The van der Waals surface area contributed by atoms with Crippen molar-refractivity contribution < 1.29 is 4.79 Å². The van der Waals surface area contributed by atoms with Crippen molar-refractivity contribution in [3.05, 3.63) is 0 Å². The molecule has 0 aliphatic heterocycles. The molecule has 0 bridgehead atoms. The molecule has 0 radical (unpaired) electrons. The Labute approximate surface area is 118 Å². The number of hydrogen-bond acceptors (Lipinski definition) is 2. The Morgan fingerprint density at radius 2 is 1.89 bits per heavy atom. The quantitative estimate of drug-likeness (QED) is 0.710. The normalized spacial score (nSPS) is 25.0. The molecule has 3 N–H and O–H groups in total. The highest BCUT2D eigenvalue weighted by molar-refractivity contribution is 5.76. The second-order valence-electron chi connectivity index (χ2n) is 6.08. The lowest BCUT2D eigenvalue weighted by molar-refractivity contribution is -0.122. The number of amides is 1. The first kappa shape index (κ1) is 16.5. The maximum Gasteiger partial charge on any atom is 0.220 e. The van der Waals surface area contributed by atoms with Crippen molar-refractivity contribution in [3.63, 3.8) is 0 Å². The Kier molecular flexibility index (Phi) is 8.11. The predicted molar refractivity (Wildman–Crippen MR) is 80.9 cm³/mol. The highest BCUT2D eigenvalue weighted by Crippen LogP contribution is 2.26. The SMILES string of the molecule is CCC(CCN)CCC(=O)NC1CCC(CC)CC1. The Bertz CT molecular complexity index is 247. The Hall–Kier alpha value is -0.570. The molecular formula is C16H32N2O. The summed E-state index contributed by atoms with van der Waals surface area (Å²) in [5, 5.41) is 3.21. The number of rotatable bonds is 8. The fourth-order valence-electron chi connectivity index (χ4n) is 3.14. The first-order chi connectivity index (χ1) is 9.19. The molecule has 19 heavy (non-hydrogen) atoms. The molecule has 1 amide bonds. The summed E-state index contributed by atoms with van der Waals surface area (Å²) in [6.45, 7) is 5.19. The fourth-order valence-corrected chi connectivity index (χ4v) is 3.14. The van der Waals surface area contributed by atoms with E-state index in [1.54, 1.807) is 0 Å². The van der Waals surface area contributed by atoms with Crippen LogP contribution in [-0.4, -0.2) is 18.5 Å². The molecule has 112 valence electrons. The van der Waals surface area contributed by atoms with Crippen molar-refractivity contribution >= 4 is 5.91 Å². The van der Waals surface area contributed by atoms with Crippen molar-refractivity contribution in [2.45, 2.75) is 77.7 Å². The molecule has 1 rings (SSSR count). The largest absolute Gasteiger partial charge is 0.353 e.